The molecule has 6 heteroatoms. The Kier molecular flexibility index (Phi) is 6.67. The molecule has 1 fully saturated rings. The van der Waals surface area contributed by atoms with Crippen LogP contribution in [-0.4, -0.2) is 42.3 Å². The van der Waals surface area contributed by atoms with Gasteiger partial charge in [0, 0.05) is 12.6 Å². The van der Waals surface area contributed by atoms with Gasteiger partial charge < -0.3 is 10.4 Å². The molecule has 0 bridgehead atoms. The smallest absolute Gasteiger partial charge is 0.194 e. The number of unbranched alkanes of at least 4 members (excludes halogenated alkanes) is 1. The van der Waals surface area contributed by atoms with Crippen LogP contribution >= 0.6 is 0 Å². The van der Waals surface area contributed by atoms with Gasteiger partial charge in [-0.1, -0.05) is 0 Å². The molecule has 1 aliphatic rings. The average molecular weight is 316 g/mol. The van der Waals surface area contributed by atoms with Gasteiger partial charge in [0.2, 0.25) is 0 Å². The maximum atomic E-state index is 13.0. The minimum Gasteiger partial charge on any atom is -0.395 e. The number of nitrogens with zero attached hydrogens (tertiary/aromatic N) is 1. The monoisotopic (exact) mass is 316 g/mol. The summed E-state index contributed by atoms with van der Waals surface area (Å²) < 4.78 is 38.9. The molecule has 1 unspecified atom stereocenters. The first-order chi connectivity index (χ1) is 10.6. The lowest BCUT2D eigenvalue weighted by Gasteiger charge is -2.22. The van der Waals surface area contributed by atoms with Crippen molar-refractivity contribution in [2.24, 2.45) is 0 Å². The van der Waals surface area contributed by atoms with E-state index in [1.165, 1.54) is 0 Å². The van der Waals surface area contributed by atoms with E-state index in [4.69, 9.17) is 0 Å². The summed E-state index contributed by atoms with van der Waals surface area (Å²) in [4.78, 5) is 2.31. The third-order valence-corrected chi connectivity index (χ3v) is 4.13. The van der Waals surface area contributed by atoms with Crippen LogP contribution in [0.3, 0.4) is 0 Å². The molecular weight excluding hydrogens is 293 g/mol. The van der Waals surface area contributed by atoms with Crippen LogP contribution in [0.4, 0.5) is 13.2 Å². The highest BCUT2D eigenvalue weighted by atomic mass is 19.2. The van der Waals surface area contributed by atoms with Crippen molar-refractivity contribution in [2.45, 2.75) is 38.3 Å². The van der Waals surface area contributed by atoms with Crippen LogP contribution in [0.2, 0.25) is 0 Å². The van der Waals surface area contributed by atoms with Crippen molar-refractivity contribution >= 4 is 0 Å². The number of aliphatic hydroxyl groups is 1. The van der Waals surface area contributed by atoms with Crippen LogP contribution in [0.15, 0.2) is 12.1 Å². The molecule has 0 saturated carbocycles. The zero-order chi connectivity index (χ0) is 15.9. The summed E-state index contributed by atoms with van der Waals surface area (Å²) in [6, 6.07) is 2.33. The van der Waals surface area contributed by atoms with Gasteiger partial charge in [-0.25, -0.2) is 13.2 Å². The molecule has 0 radical (unpaired) electrons. The summed E-state index contributed by atoms with van der Waals surface area (Å²) in [5.41, 5.74) is 0.399. The number of aliphatic hydroxyl groups excluding tert-OH is 1. The van der Waals surface area contributed by atoms with Crippen molar-refractivity contribution < 1.29 is 18.3 Å². The van der Waals surface area contributed by atoms with E-state index in [-0.39, 0.29) is 6.61 Å². The van der Waals surface area contributed by atoms with Crippen molar-refractivity contribution in [2.75, 3.05) is 26.2 Å². The van der Waals surface area contributed by atoms with Gasteiger partial charge in [0.1, 0.15) is 0 Å². The van der Waals surface area contributed by atoms with Gasteiger partial charge in [-0.2, -0.15) is 0 Å². The summed E-state index contributed by atoms with van der Waals surface area (Å²) in [5, 5.41) is 12.3. The maximum Gasteiger partial charge on any atom is 0.194 e. The van der Waals surface area contributed by atoms with Gasteiger partial charge in [-0.3, -0.25) is 4.90 Å². The molecule has 0 aliphatic carbocycles. The Morgan fingerprint density at radius 3 is 2.59 bits per heavy atom. The lowest BCUT2D eigenvalue weighted by molar-refractivity contribution is 0.157. The molecule has 2 N–H and O–H groups in total. The number of rotatable bonds is 8. The van der Waals surface area contributed by atoms with Gasteiger partial charge in [0.05, 0.1) is 6.61 Å². The largest absolute Gasteiger partial charge is 0.395 e. The summed E-state index contributed by atoms with van der Waals surface area (Å²) in [6.45, 7) is 3.29. The zero-order valence-electron chi connectivity index (χ0n) is 12.6. The normalized spacial score (nSPS) is 19.0. The van der Waals surface area contributed by atoms with Crippen molar-refractivity contribution in [3.63, 3.8) is 0 Å². The summed E-state index contributed by atoms with van der Waals surface area (Å²) >= 11 is 0. The Hall–Kier alpha value is -1.11. The first kappa shape index (κ1) is 17.2. The molecule has 0 spiro atoms. The van der Waals surface area contributed by atoms with Crippen LogP contribution in [-0.2, 0) is 6.54 Å². The SMILES string of the molecule is OCC1CCCN1CCCCNCc1cc(F)c(F)c(F)c1. The van der Waals surface area contributed by atoms with Crippen LogP contribution < -0.4 is 5.32 Å². The van der Waals surface area contributed by atoms with E-state index < -0.39 is 17.5 Å². The molecule has 1 saturated heterocycles. The quantitative estimate of drug-likeness (QED) is 0.571. The first-order valence-electron chi connectivity index (χ1n) is 7.81. The van der Waals surface area contributed by atoms with Gasteiger partial charge in [0.25, 0.3) is 0 Å². The Morgan fingerprint density at radius 1 is 1.18 bits per heavy atom. The molecule has 0 amide bonds. The lowest BCUT2D eigenvalue weighted by Crippen LogP contribution is -2.33. The fraction of sp³-hybridized carbons (Fsp3) is 0.625. The van der Waals surface area contributed by atoms with E-state index >= 15 is 0 Å². The summed E-state index contributed by atoms with van der Waals surface area (Å²) in [7, 11) is 0. The van der Waals surface area contributed by atoms with Crippen LogP contribution in [0, 0.1) is 17.5 Å². The Bertz CT molecular complexity index is 461. The molecule has 1 aromatic rings. The second-order valence-corrected chi connectivity index (χ2v) is 5.77. The predicted molar refractivity (Wildman–Crippen MR) is 78.9 cm³/mol. The third kappa shape index (κ3) is 4.69. The van der Waals surface area contributed by atoms with Crippen molar-refractivity contribution in [1.82, 2.24) is 10.2 Å². The molecule has 22 heavy (non-hydrogen) atoms. The van der Waals surface area contributed by atoms with Crippen LogP contribution in [0.5, 0.6) is 0 Å². The van der Waals surface area contributed by atoms with Crippen LogP contribution in [0.1, 0.15) is 31.2 Å². The summed E-state index contributed by atoms with van der Waals surface area (Å²) in [5.74, 6) is -3.73. The van der Waals surface area contributed by atoms with Crippen molar-refractivity contribution in [3.8, 4) is 0 Å². The van der Waals surface area contributed by atoms with E-state index in [0.717, 1.165) is 57.5 Å². The Morgan fingerprint density at radius 2 is 1.91 bits per heavy atom. The molecular formula is C16H23F3N2O. The van der Waals surface area contributed by atoms with Crippen molar-refractivity contribution in [3.05, 3.63) is 35.1 Å². The highest BCUT2D eigenvalue weighted by Gasteiger charge is 2.22. The van der Waals surface area contributed by atoms with Crippen molar-refractivity contribution in [1.29, 1.82) is 0 Å². The second kappa shape index (κ2) is 8.50. The van der Waals surface area contributed by atoms with E-state index in [1.807, 2.05) is 0 Å². The van der Waals surface area contributed by atoms with Crippen LogP contribution in [0.25, 0.3) is 0 Å². The number of hydrogen-bond acceptors (Lipinski definition) is 3. The molecule has 1 aliphatic heterocycles. The third-order valence-electron chi connectivity index (χ3n) is 4.13. The lowest BCUT2D eigenvalue weighted by atomic mass is 10.2. The van der Waals surface area contributed by atoms with Gasteiger partial charge in [0.15, 0.2) is 17.5 Å². The second-order valence-electron chi connectivity index (χ2n) is 5.77. The minimum absolute atomic E-state index is 0.222. The number of hydrogen-bond donors (Lipinski definition) is 2. The Balaban J connectivity index is 1.61. The fourth-order valence-corrected chi connectivity index (χ4v) is 2.90. The topological polar surface area (TPSA) is 35.5 Å². The predicted octanol–water partition coefficient (Wildman–Crippen LogP) is 2.43. The molecule has 1 aromatic carbocycles. The highest BCUT2D eigenvalue weighted by molar-refractivity contribution is 5.19. The molecule has 124 valence electrons. The summed E-state index contributed by atoms with van der Waals surface area (Å²) in [6.07, 6.45) is 4.16. The number of halogens is 3. The molecule has 3 nitrogen and oxygen atoms in total. The highest BCUT2D eigenvalue weighted by Crippen LogP contribution is 2.17. The van der Waals surface area contributed by atoms with Gasteiger partial charge >= 0.3 is 0 Å². The van der Waals surface area contributed by atoms with E-state index in [1.54, 1.807) is 0 Å². The molecule has 2 rings (SSSR count). The standard InChI is InChI=1S/C16H23F3N2O/c17-14-8-12(9-15(18)16(14)19)10-20-5-1-2-6-21-7-3-4-13(21)11-22/h8-9,13,20,22H,1-7,10-11H2. The number of nitrogens with one attached hydrogen (secondary N) is 1. The molecule has 0 aromatic heterocycles. The number of likely N-dealkylation sites (tertiary alicyclic amines) is 1. The van der Waals surface area contributed by atoms with E-state index in [0.29, 0.717) is 18.2 Å². The Labute approximate surface area is 129 Å². The zero-order valence-corrected chi connectivity index (χ0v) is 12.6. The minimum atomic E-state index is -1.42. The molecule has 1 atom stereocenters. The number of benzene rings is 1. The first-order valence-corrected chi connectivity index (χ1v) is 7.81. The fourth-order valence-electron chi connectivity index (χ4n) is 2.90. The van der Waals surface area contributed by atoms with E-state index in [2.05, 4.69) is 10.2 Å². The molecule has 1 heterocycles. The average Bonchev–Trinajstić information content (AvgIpc) is 2.95. The maximum absolute atomic E-state index is 13.0. The van der Waals surface area contributed by atoms with Gasteiger partial charge in [-0.15, -0.1) is 0 Å². The van der Waals surface area contributed by atoms with E-state index in [9.17, 15) is 18.3 Å². The van der Waals surface area contributed by atoms with Gasteiger partial charge in [-0.05, 0) is 63.0 Å².